The molecule has 0 unspecified atom stereocenters. The van der Waals surface area contributed by atoms with Crippen LogP contribution in [0.4, 0.5) is 5.82 Å². The average molecular weight is 257 g/mol. The van der Waals surface area contributed by atoms with Crippen LogP contribution in [0.15, 0.2) is 30.3 Å². The Hall–Kier alpha value is -1.77. The maximum atomic E-state index is 4.26. The number of nitrogens with one attached hydrogen (secondary N) is 2. The Kier molecular flexibility index (Phi) is 4.61. The number of anilines is 1. The molecule has 2 aromatic rings. The number of H-pyrrole nitrogens is 1. The summed E-state index contributed by atoms with van der Waals surface area (Å²) >= 11 is 0. The summed E-state index contributed by atoms with van der Waals surface area (Å²) < 4.78 is 0. The lowest BCUT2D eigenvalue weighted by Crippen LogP contribution is -1.99. The molecule has 0 spiro atoms. The summed E-state index contributed by atoms with van der Waals surface area (Å²) in [4.78, 5) is 0. The van der Waals surface area contributed by atoms with E-state index in [1.807, 2.05) is 0 Å². The van der Waals surface area contributed by atoms with E-state index in [4.69, 9.17) is 0 Å². The molecule has 0 bridgehead atoms. The molecule has 3 heteroatoms. The van der Waals surface area contributed by atoms with Crippen molar-refractivity contribution in [1.29, 1.82) is 0 Å². The van der Waals surface area contributed by atoms with Crippen LogP contribution in [0.3, 0.4) is 0 Å². The second kappa shape index (κ2) is 6.41. The summed E-state index contributed by atoms with van der Waals surface area (Å²) in [6, 6.07) is 10.8. The van der Waals surface area contributed by atoms with Gasteiger partial charge in [-0.05, 0) is 29.9 Å². The van der Waals surface area contributed by atoms with Gasteiger partial charge in [0.15, 0.2) is 0 Å². The molecule has 1 aromatic carbocycles. The molecule has 1 heterocycles. The van der Waals surface area contributed by atoms with Crippen molar-refractivity contribution in [2.45, 2.75) is 33.6 Å². The molecule has 0 radical (unpaired) electrons. The minimum atomic E-state index is 0.697. The molecule has 0 fully saturated rings. The van der Waals surface area contributed by atoms with E-state index >= 15 is 0 Å². The minimum Gasteiger partial charge on any atom is -0.369 e. The highest BCUT2D eigenvalue weighted by Crippen LogP contribution is 2.21. The number of aromatic amines is 1. The van der Waals surface area contributed by atoms with Gasteiger partial charge in [0.25, 0.3) is 0 Å². The molecule has 3 nitrogen and oxygen atoms in total. The van der Waals surface area contributed by atoms with E-state index in [0.29, 0.717) is 5.92 Å². The van der Waals surface area contributed by atoms with Crippen LogP contribution in [0.25, 0.3) is 11.3 Å². The third kappa shape index (κ3) is 3.85. The highest BCUT2D eigenvalue weighted by molar-refractivity contribution is 5.62. The van der Waals surface area contributed by atoms with Crippen LogP contribution in [0.2, 0.25) is 0 Å². The van der Waals surface area contributed by atoms with Gasteiger partial charge < -0.3 is 5.32 Å². The van der Waals surface area contributed by atoms with Crippen molar-refractivity contribution in [3.8, 4) is 11.3 Å². The van der Waals surface area contributed by atoms with Gasteiger partial charge in [-0.1, -0.05) is 45.0 Å². The Morgan fingerprint density at radius 2 is 1.95 bits per heavy atom. The highest BCUT2D eigenvalue weighted by atomic mass is 15.2. The van der Waals surface area contributed by atoms with Gasteiger partial charge in [-0.3, -0.25) is 5.10 Å². The Balaban J connectivity index is 2.07. The van der Waals surface area contributed by atoms with Gasteiger partial charge in [-0.2, -0.15) is 5.10 Å². The predicted molar refractivity (Wildman–Crippen MR) is 81.3 cm³/mol. The van der Waals surface area contributed by atoms with Gasteiger partial charge in [-0.15, -0.1) is 0 Å². The van der Waals surface area contributed by atoms with E-state index in [0.717, 1.165) is 30.9 Å². The third-order valence-corrected chi connectivity index (χ3v) is 3.04. The van der Waals surface area contributed by atoms with E-state index in [9.17, 15) is 0 Å². The highest BCUT2D eigenvalue weighted by Gasteiger charge is 2.04. The number of nitrogens with zero attached hydrogens (tertiary/aromatic N) is 1. The van der Waals surface area contributed by atoms with Crippen molar-refractivity contribution in [1.82, 2.24) is 10.2 Å². The summed E-state index contributed by atoms with van der Waals surface area (Å²) in [5.41, 5.74) is 3.64. The lowest BCUT2D eigenvalue weighted by molar-refractivity contribution is 0.647. The molecule has 19 heavy (non-hydrogen) atoms. The van der Waals surface area contributed by atoms with Gasteiger partial charge in [0.1, 0.15) is 5.82 Å². The van der Waals surface area contributed by atoms with Crippen molar-refractivity contribution in [2.24, 2.45) is 5.92 Å². The van der Waals surface area contributed by atoms with Crippen LogP contribution in [0, 0.1) is 5.92 Å². The van der Waals surface area contributed by atoms with Crippen molar-refractivity contribution in [2.75, 3.05) is 11.9 Å². The van der Waals surface area contributed by atoms with E-state index in [2.05, 4.69) is 66.6 Å². The molecule has 0 amide bonds. The molecular formula is C16H23N3. The van der Waals surface area contributed by atoms with Crippen molar-refractivity contribution < 1.29 is 0 Å². The zero-order valence-electron chi connectivity index (χ0n) is 12.0. The largest absolute Gasteiger partial charge is 0.369 e. The summed E-state index contributed by atoms with van der Waals surface area (Å²) in [6.07, 6.45) is 2.23. The number of benzene rings is 1. The molecule has 0 saturated carbocycles. The second-order valence-electron chi connectivity index (χ2n) is 5.39. The topological polar surface area (TPSA) is 40.7 Å². The second-order valence-corrected chi connectivity index (χ2v) is 5.39. The first kappa shape index (κ1) is 13.7. The van der Waals surface area contributed by atoms with Crippen molar-refractivity contribution in [3.63, 3.8) is 0 Å². The molecule has 0 saturated heterocycles. The summed E-state index contributed by atoms with van der Waals surface area (Å²) in [5, 5.41) is 10.6. The first-order valence-corrected chi connectivity index (χ1v) is 7.07. The van der Waals surface area contributed by atoms with Gasteiger partial charge in [-0.25, -0.2) is 0 Å². The minimum absolute atomic E-state index is 0.697. The van der Waals surface area contributed by atoms with Gasteiger partial charge in [0, 0.05) is 12.6 Å². The molecule has 0 atom stereocenters. The number of hydrogen-bond acceptors (Lipinski definition) is 2. The van der Waals surface area contributed by atoms with E-state index in [1.165, 1.54) is 11.1 Å². The molecule has 2 N–H and O–H groups in total. The van der Waals surface area contributed by atoms with Crippen molar-refractivity contribution >= 4 is 5.82 Å². The summed E-state index contributed by atoms with van der Waals surface area (Å²) in [7, 11) is 0. The molecule has 2 rings (SSSR count). The normalized spacial score (nSPS) is 10.9. The zero-order chi connectivity index (χ0) is 13.7. The first-order chi connectivity index (χ1) is 9.19. The molecule has 0 aliphatic heterocycles. The van der Waals surface area contributed by atoms with Crippen LogP contribution in [0.5, 0.6) is 0 Å². The fourth-order valence-electron chi connectivity index (χ4n) is 2.11. The standard InChI is InChI=1S/C16H23N3/c1-4-9-17-16-11-15(18-19-16)14-7-5-13(6-8-14)10-12(2)3/h5-8,11-12H,4,9-10H2,1-3H3,(H2,17,18,19). The lowest BCUT2D eigenvalue weighted by Gasteiger charge is -2.05. The van der Waals surface area contributed by atoms with Crippen LogP contribution in [0.1, 0.15) is 32.8 Å². The molecule has 102 valence electrons. The Bertz CT molecular complexity index is 497. The number of rotatable bonds is 6. The summed E-state index contributed by atoms with van der Waals surface area (Å²) in [6.45, 7) is 7.59. The molecule has 0 aliphatic rings. The van der Waals surface area contributed by atoms with E-state index in [-0.39, 0.29) is 0 Å². The number of hydrogen-bond donors (Lipinski definition) is 2. The van der Waals surface area contributed by atoms with Gasteiger partial charge >= 0.3 is 0 Å². The fraction of sp³-hybridized carbons (Fsp3) is 0.438. The van der Waals surface area contributed by atoms with Gasteiger partial charge in [0.2, 0.25) is 0 Å². The van der Waals surface area contributed by atoms with Crippen LogP contribution in [-0.2, 0) is 6.42 Å². The monoisotopic (exact) mass is 257 g/mol. The zero-order valence-corrected chi connectivity index (χ0v) is 12.0. The maximum Gasteiger partial charge on any atom is 0.148 e. The molecule has 1 aromatic heterocycles. The van der Waals surface area contributed by atoms with Crippen LogP contribution >= 0.6 is 0 Å². The SMILES string of the molecule is CCCNc1cc(-c2ccc(CC(C)C)cc2)[nH]n1. The molecule has 0 aliphatic carbocycles. The number of aromatic nitrogens is 2. The first-order valence-electron chi connectivity index (χ1n) is 7.07. The van der Waals surface area contributed by atoms with Crippen molar-refractivity contribution in [3.05, 3.63) is 35.9 Å². The van der Waals surface area contributed by atoms with E-state index < -0.39 is 0 Å². The lowest BCUT2D eigenvalue weighted by atomic mass is 10.0. The summed E-state index contributed by atoms with van der Waals surface area (Å²) in [5.74, 6) is 1.62. The Morgan fingerprint density at radius 3 is 2.58 bits per heavy atom. The molecular weight excluding hydrogens is 234 g/mol. The average Bonchev–Trinajstić information content (AvgIpc) is 2.85. The smallest absolute Gasteiger partial charge is 0.148 e. The maximum absolute atomic E-state index is 4.26. The fourth-order valence-corrected chi connectivity index (χ4v) is 2.11. The Morgan fingerprint density at radius 1 is 1.21 bits per heavy atom. The Labute approximate surface area is 115 Å². The van der Waals surface area contributed by atoms with E-state index in [1.54, 1.807) is 0 Å². The van der Waals surface area contributed by atoms with Crippen LogP contribution < -0.4 is 5.32 Å². The van der Waals surface area contributed by atoms with Gasteiger partial charge in [0.05, 0.1) is 5.69 Å². The van der Waals surface area contributed by atoms with Crippen LogP contribution in [-0.4, -0.2) is 16.7 Å². The third-order valence-electron chi connectivity index (χ3n) is 3.04. The predicted octanol–water partition coefficient (Wildman–Crippen LogP) is 4.10. The quantitative estimate of drug-likeness (QED) is 0.818.